The first-order chi connectivity index (χ1) is 15.0. The van der Waals surface area contributed by atoms with Crippen molar-refractivity contribution in [2.45, 2.75) is 45.3 Å². The average molecular weight is 460 g/mol. The van der Waals surface area contributed by atoms with Crippen molar-refractivity contribution in [2.24, 2.45) is 13.0 Å². The van der Waals surface area contributed by atoms with Crippen LogP contribution in [0.2, 0.25) is 5.02 Å². The molecule has 2 N–H and O–H groups in total. The lowest BCUT2D eigenvalue weighted by Gasteiger charge is -2.48. The second-order valence-electron chi connectivity index (χ2n) is 9.43. The van der Waals surface area contributed by atoms with E-state index in [9.17, 15) is 10.2 Å². The molecule has 0 amide bonds. The van der Waals surface area contributed by atoms with Crippen molar-refractivity contribution in [3.8, 4) is 5.75 Å². The Morgan fingerprint density at radius 1 is 1.25 bits per heavy atom. The summed E-state index contributed by atoms with van der Waals surface area (Å²) < 4.78 is 7.48. The molecule has 3 aromatic rings. The minimum absolute atomic E-state index is 0.0151. The highest BCUT2D eigenvalue weighted by Crippen LogP contribution is 2.43. The van der Waals surface area contributed by atoms with Crippen LogP contribution in [-0.2, 0) is 23.8 Å². The van der Waals surface area contributed by atoms with Gasteiger partial charge in [0.15, 0.2) is 5.75 Å². The molecular formula is C23H30ClN5O3. The maximum absolute atomic E-state index is 12.1. The normalized spacial score (nSPS) is 17.5. The second-order valence-corrected chi connectivity index (χ2v) is 9.81. The Balaban J connectivity index is 1.73. The summed E-state index contributed by atoms with van der Waals surface area (Å²) >= 11 is 6.50. The lowest BCUT2D eigenvalue weighted by atomic mass is 9.74. The molecule has 2 aromatic heterocycles. The van der Waals surface area contributed by atoms with E-state index >= 15 is 0 Å². The van der Waals surface area contributed by atoms with E-state index in [0.717, 1.165) is 0 Å². The molecule has 9 heteroatoms. The van der Waals surface area contributed by atoms with Crippen LogP contribution in [0, 0.1) is 5.92 Å². The largest absolute Gasteiger partial charge is 0.505 e. The first-order valence-corrected chi connectivity index (χ1v) is 11.2. The molecule has 0 aliphatic carbocycles. The SMILES string of the molecule is CCc1nc2ccc(C(O)(c3cnnn3C)C3CN(COC(C)(C)C)C3)cc2c(Cl)c1O. The first kappa shape index (κ1) is 22.9. The van der Waals surface area contributed by atoms with Crippen molar-refractivity contribution in [3.05, 3.63) is 46.4 Å². The molecule has 32 heavy (non-hydrogen) atoms. The molecule has 1 fully saturated rings. The van der Waals surface area contributed by atoms with Crippen molar-refractivity contribution >= 4 is 22.5 Å². The number of aromatic hydroxyl groups is 1. The lowest BCUT2D eigenvalue weighted by molar-refractivity contribution is -0.134. The van der Waals surface area contributed by atoms with Gasteiger partial charge in [0.05, 0.1) is 40.5 Å². The number of hydrogen-bond donors (Lipinski definition) is 2. The molecule has 1 atom stereocenters. The summed E-state index contributed by atoms with van der Waals surface area (Å²) in [6.45, 7) is 9.79. The van der Waals surface area contributed by atoms with Gasteiger partial charge in [0.1, 0.15) is 5.60 Å². The highest BCUT2D eigenvalue weighted by Gasteiger charge is 2.48. The van der Waals surface area contributed by atoms with Crippen LogP contribution in [0.15, 0.2) is 24.4 Å². The molecule has 4 rings (SSSR count). The van der Waals surface area contributed by atoms with Crippen LogP contribution in [0.5, 0.6) is 5.75 Å². The summed E-state index contributed by atoms with van der Waals surface area (Å²) in [5.41, 5.74) is 0.908. The van der Waals surface area contributed by atoms with Gasteiger partial charge in [-0.15, -0.1) is 5.10 Å². The van der Waals surface area contributed by atoms with Gasteiger partial charge in [-0.05, 0) is 44.9 Å². The predicted octanol–water partition coefficient (Wildman–Crippen LogP) is 3.23. The van der Waals surface area contributed by atoms with E-state index in [-0.39, 0.29) is 22.3 Å². The Bertz CT molecular complexity index is 1140. The van der Waals surface area contributed by atoms with E-state index in [1.54, 1.807) is 17.9 Å². The second kappa shape index (κ2) is 8.26. The number of rotatable bonds is 6. The molecule has 0 saturated carbocycles. The Morgan fingerprint density at radius 3 is 2.56 bits per heavy atom. The van der Waals surface area contributed by atoms with Crippen molar-refractivity contribution in [1.82, 2.24) is 24.9 Å². The number of aromatic nitrogens is 4. The molecule has 1 unspecified atom stereocenters. The van der Waals surface area contributed by atoms with E-state index in [4.69, 9.17) is 16.3 Å². The van der Waals surface area contributed by atoms with Crippen LogP contribution >= 0.6 is 11.6 Å². The summed E-state index contributed by atoms with van der Waals surface area (Å²) in [4.78, 5) is 6.68. The number of nitrogens with zero attached hydrogens (tertiary/aromatic N) is 5. The van der Waals surface area contributed by atoms with Crippen LogP contribution in [0.3, 0.4) is 0 Å². The maximum atomic E-state index is 12.1. The molecule has 3 heterocycles. The topological polar surface area (TPSA) is 96.5 Å². The fraction of sp³-hybridized carbons (Fsp3) is 0.522. The van der Waals surface area contributed by atoms with Gasteiger partial charge in [-0.25, -0.2) is 9.67 Å². The van der Waals surface area contributed by atoms with Crippen LogP contribution < -0.4 is 0 Å². The van der Waals surface area contributed by atoms with E-state index in [1.807, 2.05) is 45.9 Å². The highest BCUT2D eigenvalue weighted by atomic mass is 35.5. The monoisotopic (exact) mass is 459 g/mol. The predicted molar refractivity (Wildman–Crippen MR) is 123 cm³/mol. The average Bonchev–Trinajstić information content (AvgIpc) is 3.14. The zero-order valence-corrected chi connectivity index (χ0v) is 19.9. The molecule has 172 valence electrons. The highest BCUT2D eigenvalue weighted by molar-refractivity contribution is 6.36. The van der Waals surface area contributed by atoms with Crippen molar-refractivity contribution in [1.29, 1.82) is 0 Å². The number of aliphatic hydroxyl groups is 1. The Hall–Kier alpha value is -2.26. The molecule has 8 nitrogen and oxygen atoms in total. The quantitative estimate of drug-likeness (QED) is 0.584. The number of pyridine rings is 1. The summed E-state index contributed by atoms with van der Waals surface area (Å²) in [5.74, 6) is -0.116. The summed E-state index contributed by atoms with van der Waals surface area (Å²) in [5, 5.41) is 31.4. The molecule has 0 bridgehead atoms. The van der Waals surface area contributed by atoms with Gasteiger partial charge in [0.25, 0.3) is 0 Å². The van der Waals surface area contributed by atoms with Crippen molar-refractivity contribution in [3.63, 3.8) is 0 Å². The number of ether oxygens (including phenoxy) is 1. The minimum atomic E-state index is -1.34. The zero-order chi connectivity index (χ0) is 23.3. The van der Waals surface area contributed by atoms with Gasteiger partial charge in [-0.2, -0.15) is 0 Å². The molecule has 0 spiro atoms. The van der Waals surface area contributed by atoms with Crippen LogP contribution in [0.4, 0.5) is 0 Å². The van der Waals surface area contributed by atoms with Gasteiger partial charge in [0.2, 0.25) is 0 Å². The van der Waals surface area contributed by atoms with E-state index in [2.05, 4.69) is 20.2 Å². The van der Waals surface area contributed by atoms with Crippen molar-refractivity contribution in [2.75, 3.05) is 19.8 Å². The number of hydrogen-bond acceptors (Lipinski definition) is 7. The Kier molecular flexibility index (Phi) is 5.92. The number of likely N-dealkylation sites (tertiary alicyclic amines) is 1. The molecule has 1 saturated heterocycles. The van der Waals surface area contributed by atoms with Crippen molar-refractivity contribution < 1.29 is 14.9 Å². The van der Waals surface area contributed by atoms with Gasteiger partial charge >= 0.3 is 0 Å². The third-order valence-electron chi connectivity index (χ3n) is 6.08. The number of benzene rings is 1. The number of fused-ring (bicyclic) bond motifs is 1. The molecular weight excluding hydrogens is 430 g/mol. The fourth-order valence-corrected chi connectivity index (χ4v) is 4.46. The number of aryl methyl sites for hydroxylation is 2. The maximum Gasteiger partial charge on any atom is 0.156 e. The van der Waals surface area contributed by atoms with Crippen LogP contribution in [0.1, 0.15) is 44.6 Å². The molecule has 1 aliphatic rings. The minimum Gasteiger partial charge on any atom is -0.505 e. The Morgan fingerprint density at radius 2 is 1.97 bits per heavy atom. The zero-order valence-electron chi connectivity index (χ0n) is 19.1. The van der Waals surface area contributed by atoms with Crippen LogP contribution in [-0.4, -0.2) is 60.5 Å². The third-order valence-corrected chi connectivity index (χ3v) is 6.46. The van der Waals surface area contributed by atoms with Crippen LogP contribution in [0.25, 0.3) is 10.9 Å². The standard InChI is InChI=1S/C23H30ClN5O3/c1-6-17-21(30)20(24)16-9-14(7-8-18(16)26-17)23(31,19-10-25-27-28(19)5)15-11-29(12-15)13-32-22(2,3)4/h7-10,15,30-31H,6,11-13H2,1-5H3. The van der Waals surface area contributed by atoms with Gasteiger partial charge < -0.3 is 14.9 Å². The molecule has 1 aliphatic heterocycles. The smallest absolute Gasteiger partial charge is 0.156 e. The third kappa shape index (κ3) is 3.96. The van der Waals surface area contributed by atoms with E-state index in [0.29, 0.717) is 54.1 Å². The van der Waals surface area contributed by atoms with Gasteiger partial charge in [-0.3, -0.25) is 4.90 Å². The fourth-order valence-electron chi connectivity index (χ4n) is 4.20. The van der Waals surface area contributed by atoms with Gasteiger partial charge in [-0.1, -0.05) is 29.8 Å². The molecule has 1 aromatic carbocycles. The van der Waals surface area contributed by atoms with E-state index < -0.39 is 5.60 Å². The lowest BCUT2D eigenvalue weighted by Crippen LogP contribution is -2.58. The van der Waals surface area contributed by atoms with E-state index in [1.165, 1.54) is 0 Å². The summed E-state index contributed by atoms with van der Waals surface area (Å²) in [6.07, 6.45) is 2.17. The summed E-state index contributed by atoms with van der Waals surface area (Å²) in [6, 6.07) is 5.51. The Labute approximate surface area is 192 Å². The first-order valence-electron chi connectivity index (χ1n) is 10.8. The van der Waals surface area contributed by atoms with Gasteiger partial charge in [0, 0.05) is 31.4 Å². The molecule has 0 radical (unpaired) electrons. The summed E-state index contributed by atoms with van der Waals surface area (Å²) in [7, 11) is 1.77. The number of halogens is 1.